The maximum absolute atomic E-state index is 12.9. The van der Waals surface area contributed by atoms with Crippen molar-refractivity contribution in [2.75, 3.05) is 18.5 Å². The van der Waals surface area contributed by atoms with E-state index in [4.69, 9.17) is 9.47 Å². The van der Waals surface area contributed by atoms with Gasteiger partial charge in [-0.25, -0.2) is 0 Å². The summed E-state index contributed by atoms with van der Waals surface area (Å²) in [6.45, 7) is 3.96. The molecule has 1 amide bonds. The molecule has 2 bridgehead atoms. The van der Waals surface area contributed by atoms with Gasteiger partial charge in [0, 0.05) is 23.1 Å². The SMILES string of the molecule is CCOC(=O)[C@@H]1[C@@H](C(=O)OCC)[C@H]2C=C[C@@H]1c1c(NC(=O)c3ccccc3)cccc12. The maximum atomic E-state index is 12.9. The zero-order valence-electron chi connectivity index (χ0n) is 17.5. The largest absolute Gasteiger partial charge is 0.466 e. The fourth-order valence-electron chi connectivity index (χ4n) is 4.70. The third kappa shape index (κ3) is 3.74. The molecule has 0 radical (unpaired) electrons. The predicted molar refractivity (Wildman–Crippen MR) is 116 cm³/mol. The van der Waals surface area contributed by atoms with Gasteiger partial charge in [0.1, 0.15) is 0 Å². The molecule has 1 N–H and O–H groups in total. The van der Waals surface area contributed by atoms with Crippen LogP contribution in [0.5, 0.6) is 0 Å². The van der Waals surface area contributed by atoms with Gasteiger partial charge in [-0.2, -0.15) is 0 Å². The van der Waals surface area contributed by atoms with Crippen molar-refractivity contribution in [1.82, 2.24) is 0 Å². The smallest absolute Gasteiger partial charge is 0.310 e. The molecule has 31 heavy (non-hydrogen) atoms. The highest BCUT2D eigenvalue weighted by atomic mass is 16.5. The molecule has 6 heteroatoms. The number of carbonyl (C=O) groups is 3. The Morgan fingerprint density at radius 2 is 1.42 bits per heavy atom. The molecule has 0 aromatic heterocycles. The third-order valence-electron chi connectivity index (χ3n) is 5.92. The number of amides is 1. The Bertz CT molecular complexity index is 1030. The summed E-state index contributed by atoms with van der Waals surface area (Å²) >= 11 is 0. The molecule has 0 aliphatic heterocycles. The van der Waals surface area contributed by atoms with Crippen LogP contribution in [-0.2, 0) is 19.1 Å². The molecular weight excluding hydrogens is 394 g/mol. The van der Waals surface area contributed by atoms with Crippen molar-refractivity contribution in [3.05, 3.63) is 77.4 Å². The average molecular weight is 419 g/mol. The van der Waals surface area contributed by atoms with Gasteiger partial charge in [-0.1, -0.05) is 42.5 Å². The third-order valence-corrected chi connectivity index (χ3v) is 5.92. The van der Waals surface area contributed by atoms with Gasteiger partial charge >= 0.3 is 11.9 Å². The van der Waals surface area contributed by atoms with Gasteiger partial charge in [-0.15, -0.1) is 0 Å². The highest BCUT2D eigenvalue weighted by molar-refractivity contribution is 6.05. The lowest BCUT2D eigenvalue weighted by Crippen LogP contribution is -2.45. The summed E-state index contributed by atoms with van der Waals surface area (Å²) in [7, 11) is 0. The van der Waals surface area contributed by atoms with Crippen LogP contribution in [0.3, 0.4) is 0 Å². The second-order valence-corrected chi connectivity index (χ2v) is 7.62. The van der Waals surface area contributed by atoms with Gasteiger partial charge in [-0.3, -0.25) is 14.4 Å². The Labute approximate surface area is 181 Å². The molecular formula is C25H25NO5. The molecule has 6 nitrogen and oxygen atoms in total. The molecule has 3 aliphatic carbocycles. The number of esters is 2. The van der Waals surface area contributed by atoms with Crippen molar-refractivity contribution < 1.29 is 23.9 Å². The molecule has 3 aliphatic rings. The number of nitrogens with one attached hydrogen (secondary N) is 1. The molecule has 0 fully saturated rings. The summed E-state index contributed by atoms with van der Waals surface area (Å²) in [6, 6.07) is 14.6. The lowest BCUT2D eigenvalue weighted by Gasteiger charge is -2.44. The Kier molecular flexibility index (Phi) is 5.89. The van der Waals surface area contributed by atoms with Gasteiger partial charge in [0.15, 0.2) is 0 Å². The molecule has 5 rings (SSSR count). The number of carbonyl (C=O) groups excluding carboxylic acids is 3. The van der Waals surface area contributed by atoms with Crippen LogP contribution in [0.25, 0.3) is 0 Å². The van der Waals surface area contributed by atoms with E-state index in [1.165, 1.54) is 0 Å². The van der Waals surface area contributed by atoms with Crippen LogP contribution in [0.2, 0.25) is 0 Å². The minimum atomic E-state index is -0.698. The van der Waals surface area contributed by atoms with Crippen LogP contribution in [0.4, 0.5) is 5.69 Å². The Morgan fingerprint density at radius 3 is 2.06 bits per heavy atom. The highest BCUT2D eigenvalue weighted by Crippen LogP contribution is 2.54. The number of hydrogen-bond acceptors (Lipinski definition) is 5. The van der Waals surface area contributed by atoms with Crippen molar-refractivity contribution >= 4 is 23.5 Å². The highest BCUT2D eigenvalue weighted by Gasteiger charge is 2.52. The molecule has 0 saturated carbocycles. The summed E-state index contributed by atoms with van der Waals surface area (Å²) < 4.78 is 10.6. The van der Waals surface area contributed by atoms with Gasteiger partial charge in [-0.05, 0) is 43.2 Å². The number of hydrogen-bond donors (Lipinski definition) is 1. The molecule has 0 heterocycles. The first kappa shape index (κ1) is 20.8. The number of benzene rings is 2. The van der Waals surface area contributed by atoms with Gasteiger partial charge in [0.2, 0.25) is 0 Å². The first-order valence-electron chi connectivity index (χ1n) is 10.6. The Hall–Kier alpha value is -3.41. The number of fused-ring (bicyclic) bond motifs is 1. The van der Waals surface area contributed by atoms with E-state index < -0.39 is 23.8 Å². The molecule has 0 saturated heterocycles. The molecule has 2 aromatic rings. The van der Waals surface area contributed by atoms with E-state index >= 15 is 0 Å². The number of ether oxygens (including phenoxy) is 2. The molecule has 2 aromatic carbocycles. The second kappa shape index (κ2) is 8.76. The minimum Gasteiger partial charge on any atom is -0.466 e. The second-order valence-electron chi connectivity index (χ2n) is 7.62. The van der Waals surface area contributed by atoms with Gasteiger partial charge in [0.25, 0.3) is 5.91 Å². The van der Waals surface area contributed by atoms with Gasteiger partial charge < -0.3 is 14.8 Å². The van der Waals surface area contributed by atoms with E-state index in [9.17, 15) is 14.4 Å². The van der Waals surface area contributed by atoms with E-state index in [1.54, 1.807) is 38.1 Å². The van der Waals surface area contributed by atoms with Crippen molar-refractivity contribution in [2.24, 2.45) is 11.8 Å². The molecule has 4 atom stereocenters. The van der Waals surface area contributed by atoms with Gasteiger partial charge in [0.05, 0.1) is 25.0 Å². The van der Waals surface area contributed by atoms with E-state index in [0.29, 0.717) is 11.3 Å². The Balaban J connectivity index is 1.75. The Morgan fingerprint density at radius 1 is 0.806 bits per heavy atom. The zero-order chi connectivity index (χ0) is 22.0. The van der Waals surface area contributed by atoms with Crippen LogP contribution >= 0.6 is 0 Å². The molecule has 160 valence electrons. The van der Waals surface area contributed by atoms with Crippen molar-refractivity contribution in [3.8, 4) is 0 Å². The topological polar surface area (TPSA) is 81.7 Å². The quantitative estimate of drug-likeness (QED) is 0.564. The van der Waals surface area contributed by atoms with Crippen LogP contribution in [0.15, 0.2) is 60.7 Å². The van der Waals surface area contributed by atoms with Crippen molar-refractivity contribution in [1.29, 1.82) is 0 Å². The number of rotatable bonds is 6. The first-order valence-corrected chi connectivity index (χ1v) is 10.6. The lowest BCUT2D eigenvalue weighted by atomic mass is 9.59. The maximum Gasteiger partial charge on any atom is 0.310 e. The predicted octanol–water partition coefficient (Wildman–Crippen LogP) is 4.05. The summed E-state index contributed by atoms with van der Waals surface area (Å²) in [4.78, 5) is 38.5. The van der Waals surface area contributed by atoms with Crippen LogP contribution in [0.1, 0.15) is 47.2 Å². The normalized spacial score (nSPS) is 23.0. The van der Waals surface area contributed by atoms with E-state index in [0.717, 1.165) is 11.1 Å². The summed E-state index contributed by atoms with van der Waals surface area (Å²) in [6.07, 6.45) is 3.91. The van der Waals surface area contributed by atoms with Crippen LogP contribution in [-0.4, -0.2) is 31.1 Å². The zero-order valence-corrected chi connectivity index (χ0v) is 17.5. The van der Waals surface area contributed by atoms with E-state index in [2.05, 4.69) is 5.32 Å². The standard InChI is InChI=1S/C25H25NO5/c1-3-30-24(28)21-17-13-14-18(22(21)25(29)31-4-2)20-16(17)11-8-12-19(20)26-23(27)15-9-6-5-7-10-15/h5-14,17-18,21-22H,3-4H2,1-2H3,(H,26,27)/t17-,18+,21-,22-/m0/s1. The minimum absolute atomic E-state index is 0.227. The fraction of sp³-hybridized carbons (Fsp3) is 0.320. The van der Waals surface area contributed by atoms with Crippen LogP contribution in [0, 0.1) is 11.8 Å². The van der Waals surface area contributed by atoms with Crippen molar-refractivity contribution in [3.63, 3.8) is 0 Å². The average Bonchev–Trinajstić information content (AvgIpc) is 2.79. The lowest BCUT2D eigenvalue weighted by molar-refractivity contribution is -0.162. The summed E-state index contributed by atoms with van der Waals surface area (Å²) in [5, 5.41) is 2.99. The number of allylic oxidation sites excluding steroid dienone is 2. The van der Waals surface area contributed by atoms with Crippen LogP contribution < -0.4 is 5.32 Å². The first-order chi connectivity index (χ1) is 15.1. The monoisotopic (exact) mass is 419 g/mol. The van der Waals surface area contributed by atoms with E-state index in [1.807, 2.05) is 36.4 Å². The summed E-state index contributed by atoms with van der Waals surface area (Å²) in [5.74, 6) is -3.10. The molecule has 0 spiro atoms. The van der Waals surface area contributed by atoms with E-state index in [-0.39, 0.29) is 31.0 Å². The van der Waals surface area contributed by atoms with Crippen molar-refractivity contribution in [2.45, 2.75) is 25.7 Å². The molecule has 0 unspecified atom stereocenters. The summed E-state index contributed by atoms with van der Waals surface area (Å²) in [5.41, 5.74) is 2.97. The fourth-order valence-corrected chi connectivity index (χ4v) is 4.70. The number of anilines is 1.